The zero-order chi connectivity index (χ0) is 9.10. The molecule has 0 saturated carbocycles. The maximum Gasteiger partial charge on any atom is 0.0302 e. The summed E-state index contributed by atoms with van der Waals surface area (Å²) in [5.41, 5.74) is 1.38. The standard InChI is InChI=1S/C10H16N2S/c1-8-4-10(13-7-8)6-12-9-2-3-11-5-9/h4,7,9,11-12H,2-3,5-6H2,1H3. The summed E-state index contributed by atoms with van der Waals surface area (Å²) < 4.78 is 0. The SMILES string of the molecule is Cc1csc(CNC2CCNC2)c1. The summed E-state index contributed by atoms with van der Waals surface area (Å²) in [4.78, 5) is 1.45. The molecule has 0 amide bonds. The molecule has 1 aromatic rings. The number of nitrogens with one attached hydrogen (secondary N) is 2. The molecule has 1 saturated heterocycles. The van der Waals surface area contributed by atoms with Gasteiger partial charge in [0.05, 0.1) is 0 Å². The highest BCUT2D eigenvalue weighted by molar-refractivity contribution is 7.10. The summed E-state index contributed by atoms with van der Waals surface area (Å²) in [5, 5.41) is 9.13. The first-order chi connectivity index (χ1) is 6.34. The smallest absolute Gasteiger partial charge is 0.0302 e. The van der Waals surface area contributed by atoms with E-state index in [1.165, 1.54) is 23.4 Å². The minimum atomic E-state index is 0.683. The second-order valence-corrected chi connectivity index (χ2v) is 4.66. The third-order valence-corrected chi connectivity index (χ3v) is 3.46. The van der Waals surface area contributed by atoms with Crippen LogP contribution in [0.4, 0.5) is 0 Å². The van der Waals surface area contributed by atoms with Gasteiger partial charge in [-0.15, -0.1) is 11.3 Å². The Labute approximate surface area is 83.4 Å². The van der Waals surface area contributed by atoms with Crippen molar-refractivity contribution in [3.05, 3.63) is 21.9 Å². The highest BCUT2D eigenvalue weighted by Crippen LogP contribution is 2.13. The molecule has 2 nitrogen and oxygen atoms in total. The number of hydrogen-bond acceptors (Lipinski definition) is 3. The normalized spacial score (nSPS) is 22.4. The van der Waals surface area contributed by atoms with E-state index in [9.17, 15) is 0 Å². The Balaban J connectivity index is 1.78. The molecule has 1 aromatic heterocycles. The molecule has 2 heterocycles. The van der Waals surface area contributed by atoms with Crippen LogP contribution >= 0.6 is 11.3 Å². The Bertz CT molecular complexity index is 264. The average molecular weight is 196 g/mol. The molecule has 72 valence electrons. The van der Waals surface area contributed by atoms with Crippen molar-refractivity contribution >= 4 is 11.3 Å². The van der Waals surface area contributed by atoms with Crippen LogP contribution in [0.5, 0.6) is 0 Å². The summed E-state index contributed by atoms with van der Waals surface area (Å²) in [7, 11) is 0. The average Bonchev–Trinajstić information content (AvgIpc) is 2.71. The molecule has 3 heteroatoms. The fourth-order valence-electron chi connectivity index (χ4n) is 1.66. The van der Waals surface area contributed by atoms with Gasteiger partial charge in [0.2, 0.25) is 0 Å². The first-order valence-electron chi connectivity index (χ1n) is 4.83. The van der Waals surface area contributed by atoms with E-state index in [1.54, 1.807) is 0 Å². The van der Waals surface area contributed by atoms with E-state index in [-0.39, 0.29) is 0 Å². The van der Waals surface area contributed by atoms with Crippen LogP contribution in [0.1, 0.15) is 16.9 Å². The van der Waals surface area contributed by atoms with E-state index in [1.807, 2.05) is 11.3 Å². The van der Waals surface area contributed by atoms with Crippen molar-refractivity contribution < 1.29 is 0 Å². The van der Waals surface area contributed by atoms with Gasteiger partial charge >= 0.3 is 0 Å². The predicted octanol–water partition coefficient (Wildman–Crippen LogP) is 1.51. The Morgan fingerprint density at radius 1 is 1.69 bits per heavy atom. The third kappa shape index (κ3) is 2.53. The molecular formula is C10H16N2S. The highest BCUT2D eigenvalue weighted by Gasteiger charge is 2.13. The minimum Gasteiger partial charge on any atom is -0.315 e. The van der Waals surface area contributed by atoms with E-state index in [0.717, 1.165) is 13.1 Å². The van der Waals surface area contributed by atoms with Gasteiger partial charge in [0.1, 0.15) is 0 Å². The summed E-state index contributed by atoms with van der Waals surface area (Å²) in [6.07, 6.45) is 1.27. The zero-order valence-corrected chi connectivity index (χ0v) is 8.79. The fourth-order valence-corrected chi connectivity index (χ4v) is 2.48. The highest BCUT2D eigenvalue weighted by atomic mass is 32.1. The molecule has 1 fully saturated rings. The van der Waals surface area contributed by atoms with E-state index >= 15 is 0 Å². The first-order valence-corrected chi connectivity index (χ1v) is 5.70. The van der Waals surface area contributed by atoms with Crippen LogP contribution in [-0.4, -0.2) is 19.1 Å². The first kappa shape index (κ1) is 9.19. The molecule has 0 aliphatic carbocycles. The van der Waals surface area contributed by atoms with Crippen molar-refractivity contribution in [1.29, 1.82) is 0 Å². The predicted molar refractivity (Wildman–Crippen MR) is 57.2 cm³/mol. The van der Waals surface area contributed by atoms with Crippen LogP contribution in [0, 0.1) is 6.92 Å². The van der Waals surface area contributed by atoms with Crippen molar-refractivity contribution in [3.8, 4) is 0 Å². The van der Waals surface area contributed by atoms with E-state index in [4.69, 9.17) is 0 Å². The van der Waals surface area contributed by atoms with Crippen molar-refractivity contribution in [1.82, 2.24) is 10.6 Å². The number of hydrogen-bond donors (Lipinski definition) is 2. The molecule has 1 unspecified atom stereocenters. The molecule has 2 N–H and O–H groups in total. The quantitative estimate of drug-likeness (QED) is 0.765. The van der Waals surface area contributed by atoms with Gasteiger partial charge in [-0.2, -0.15) is 0 Å². The van der Waals surface area contributed by atoms with Gasteiger partial charge in [-0.1, -0.05) is 0 Å². The lowest BCUT2D eigenvalue weighted by Gasteiger charge is -2.09. The maximum atomic E-state index is 3.56. The van der Waals surface area contributed by atoms with Gasteiger partial charge in [0.25, 0.3) is 0 Å². The van der Waals surface area contributed by atoms with Crippen LogP contribution < -0.4 is 10.6 Å². The Hall–Kier alpha value is -0.380. The maximum absolute atomic E-state index is 3.56. The molecule has 0 spiro atoms. The topological polar surface area (TPSA) is 24.1 Å². The number of aryl methyl sites for hydroxylation is 1. The minimum absolute atomic E-state index is 0.683. The van der Waals surface area contributed by atoms with E-state index < -0.39 is 0 Å². The Kier molecular flexibility index (Phi) is 2.98. The monoisotopic (exact) mass is 196 g/mol. The molecule has 0 aromatic carbocycles. The lowest BCUT2D eigenvalue weighted by molar-refractivity contribution is 0.550. The molecular weight excluding hydrogens is 180 g/mol. The molecule has 1 aliphatic rings. The Morgan fingerprint density at radius 3 is 3.23 bits per heavy atom. The van der Waals surface area contributed by atoms with Gasteiger partial charge < -0.3 is 10.6 Å². The van der Waals surface area contributed by atoms with Crippen molar-refractivity contribution in [2.24, 2.45) is 0 Å². The molecule has 13 heavy (non-hydrogen) atoms. The van der Waals surface area contributed by atoms with Crippen LogP contribution in [0.25, 0.3) is 0 Å². The second kappa shape index (κ2) is 4.22. The van der Waals surface area contributed by atoms with E-state index in [2.05, 4.69) is 29.0 Å². The van der Waals surface area contributed by atoms with Crippen LogP contribution in [0.2, 0.25) is 0 Å². The van der Waals surface area contributed by atoms with Gasteiger partial charge in [-0.3, -0.25) is 0 Å². The number of rotatable bonds is 3. The summed E-state index contributed by atoms with van der Waals surface area (Å²) in [6, 6.07) is 2.95. The lowest BCUT2D eigenvalue weighted by atomic mass is 10.2. The van der Waals surface area contributed by atoms with Crippen LogP contribution in [0.3, 0.4) is 0 Å². The zero-order valence-electron chi connectivity index (χ0n) is 7.97. The third-order valence-electron chi connectivity index (χ3n) is 2.41. The molecule has 0 radical (unpaired) electrons. The fraction of sp³-hybridized carbons (Fsp3) is 0.600. The largest absolute Gasteiger partial charge is 0.315 e. The lowest BCUT2D eigenvalue weighted by Crippen LogP contribution is -2.30. The molecule has 2 rings (SSSR count). The van der Waals surface area contributed by atoms with Gasteiger partial charge in [0.15, 0.2) is 0 Å². The van der Waals surface area contributed by atoms with Crippen molar-refractivity contribution in [3.63, 3.8) is 0 Å². The van der Waals surface area contributed by atoms with Gasteiger partial charge in [0, 0.05) is 24.0 Å². The van der Waals surface area contributed by atoms with Crippen LogP contribution in [-0.2, 0) is 6.54 Å². The van der Waals surface area contributed by atoms with E-state index in [0.29, 0.717) is 6.04 Å². The van der Waals surface area contributed by atoms with Gasteiger partial charge in [-0.25, -0.2) is 0 Å². The molecule has 1 aliphatic heterocycles. The number of thiophene rings is 1. The molecule has 1 atom stereocenters. The second-order valence-electron chi connectivity index (χ2n) is 3.66. The van der Waals surface area contributed by atoms with Crippen molar-refractivity contribution in [2.75, 3.05) is 13.1 Å². The summed E-state index contributed by atoms with van der Waals surface area (Å²) in [5.74, 6) is 0. The van der Waals surface area contributed by atoms with Crippen LogP contribution in [0.15, 0.2) is 11.4 Å². The van der Waals surface area contributed by atoms with Gasteiger partial charge in [-0.05, 0) is 36.9 Å². The molecule has 0 bridgehead atoms. The summed E-state index contributed by atoms with van der Waals surface area (Å²) in [6.45, 7) is 5.48. The Morgan fingerprint density at radius 2 is 2.62 bits per heavy atom. The summed E-state index contributed by atoms with van der Waals surface area (Å²) >= 11 is 1.85. The van der Waals surface area contributed by atoms with Crippen molar-refractivity contribution in [2.45, 2.75) is 25.9 Å².